The van der Waals surface area contributed by atoms with E-state index in [9.17, 15) is 0 Å². The summed E-state index contributed by atoms with van der Waals surface area (Å²) in [4.78, 5) is 10.2. The lowest BCUT2D eigenvalue weighted by Crippen LogP contribution is -2.33. The topological polar surface area (TPSA) is 49.9 Å². The predicted octanol–water partition coefficient (Wildman–Crippen LogP) is 10.1. The maximum atomic E-state index is 6.18. The van der Waals surface area contributed by atoms with Crippen molar-refractivity contribution in [3.8, 4) is 11.1 Å². The van der Waals surface area contributed by atoms with Crippen molar-refractivity contribution in [2.75, 3.05) is 0 Å². The number of aliphatic imine (C=N–C) groups is 2. The molecule has 4 heteroatoms. The van der Waals surface area contributed by atoms with Gasteiger partial charge in [0.05, 0.1) is 0 Å². The molecule has 0 amide bonds. The third-order valence-corrected chi connectivity index (χ3v) is 8.69. The molecule has 7 aromatic carbocycles. The number of fused-ring (bicyclic) bond motifs is 5. The lowest BCUT2D eigenvalue weighted by molar-refractivity contribution is 0.669. The number of hydrogen-bond donors (Lipinski definition) is 1. The Labute approximate surface area is 260 Å². The Hall–Kier alpha value is -6.00. The fourth-order valence-electron chi connectivity index (χ4n) is 6.44. The van der Waals surface area contributed by atoms with Gasteiger partial charge in [0, 0.05) is 21.9 Å². The molecule has 212 valence electrons. The Morgan fingerprint density at radius 2 is 1.18 bits per heavy atom. The van der Waals surface area contributed by atoms with Gasteiger partial charge < -0.3 is 9.73 Å². The maximum Gasteiger partial charge on any atom is 0.159 e. The van der Waals surface area contributed by atoms with E-state index < -0.39 is 0 Å². The number of para-hydroxylation sites is 1. The summed E-state index contributed by atoms with van der Waals surface area (Å²) in [6, 6.07) is 52.9. The van der Waals surface area contributed by atoms with Crippen LogP contribution in [-0.2, 0) is 0 Å². The van der Waals surface area contributed by atoms with Crippen molar-refractivity contribution in [1.29, 1.82) is 0 Å². The summed E-state index contributed by atoms with van der Waals surface area (Å²) >= 11 is 0. The maximum absolute atomic E-state index is 6.18. The minimum Gasteiger partial charge on any atom is -0.456 e. The van der Waals surface area contributed by atoms with Crippen LogP contribution in [0.3, 0.4) is 0 Å². The lowest BCUT2D eigenvalue weighted by atomic mass is 9.96. The van der Waals surface area contributed by atoms with Crippen LogP contribution in [0.2, 0.25) is 0 Å². The van der Waals surface area contributed by atoms with Crippen LogP contribution in [-0.4, -0.2) is 11.7 Å². The van der Waals surface area contributed by atoms with Crippen LogP contribution in [0.15, 0.2) is 166 Å². The SMILES string of the molecule is c1ccc(C2N=C(c3ccc4ccccc4c3)N=C(c3ccc4ccc(-c5cccc6oc7ccccc7c56)cc4c3)N2)cc1. The van der Waals surface area contributed by atoms with E-state index in [0.29, 0.717) is 0 Å². The first-order valence-corrected chi connectivity index (χ1v) is 15.2. The summed E-state index contributed by atoms with van der Waals surface area (Å²) in [6.45, 7) is 0. The first-order valence-electron chi connectivity index (χ1n) is 15.2. The van der Waals surface area contributed by atoms with Gasteiger partial charge in [0.15, 0.2) is 5.84 Å². The molecule has 1 atom stereocenters. The zero-order valence-electron chi connectivity index (χ0n) is 24.3. The summed E-state index contributed by atoms with van der Waals surface area (Å²) in [5.41, 5.74) is 7.21. The van der Waals surface area contributed by atoms with Gasteiger partial charge in [-0.25, -0.2) is 9.98 Å². The van der Waals surface area contributed by atoms with Crippen molar-refractivity contribution in [1.82, 2.24) is 5.32 Å². The Morgan fingerprint density at radius 3 is 2.07 bits per heavy atom. The molecule has 0 spiro atoms. The Morgan fingerprint density at radius 1 is 0.511 bits per heavy atom. The van der Waals surface area contributed by atoms with Gasteiger partial charge in [-0.3, -0.25) is 0 Å². The van der Waals surface area contributed by atoms with Crippen molar-refractivity contribution in [2.45, 2.75) is 6.17 Å². The monoisotopic (exact) mass is 577 g/mol. The summed E-state index contributed by atoms with van der Waals surface area (Å²) in [7, 11) is 0. The molecule has 0 bridgehead atoms. The molecule has 0 aliphatic carbocycles. The van der Waals surface area contributed by atoms with Crippen LogP contribution >= 0.6 is 0 Å². The van der Waals surface area contributed by atoms with Crippen LogP contribution in [0, 0.1) is 0 Å². The van der Waals surface area contributed by atoms with Crippen molar-refractivity contribution in [3.63, 3.8) is 0 Å². The number of benzene rings is 7. The molecule has 9 rings (SSSR count). The van der Waals surface area contributed by atoms with Gasteiger partial charge in [-0.05, 0) is 68.6 Å². The molecule has 1 aliphatic heterocycles. The van der Waals surface area contributed by atoms with Crippen molar-refractivity contribution < 1.29 is 4.42 Å². The first-order chi connectivity index (χ1) is 22.3. The summed E-state index contributed by atoms with van der Waals surface area (Å²) in [5, 5.41) is 10.6. The number of nitrogens with one attached hydrogen (secondary N) is 1. The van der Waals surface area contributed by atoms with Crippen LogP contribution < -0.4 is 5.32 Å². The minimum absolute atomic E-state index is 0.255. The van der Waals surface area contributed by atoms with E-state index in [-0.39, 0.29) is 6.17 Å². The molecule has 2 heterocycles. The van der Waals surface area contributed by atoms with Crippen LogP contribution in [0.5, 0.6) is 0 Å². The lowest BCUT2D eigenvalue weighted by Gasteiger charge is -2.24. The highest BCUT2D eigenvalue weighted by atomic mass is 16.3. The molecule has 1 N–H and O–H groups in total. The average molecular weight is 578 g/mol. The second kappa shape index (κ2) is 10.3. The van der Waals surface area contributed by atoms with E-state index in [1.165, 1.54) is 16.2 Å². The Kier molecular flexibility index (Phi) is 5.85. The second-order valence-electron chi connectivity index (χ2n) is 11.5. The largest absolute Gasteiger partial charge is 0.456 e. The van der Waals surface area contributed by atoms with Crippen LogP contribution in [0.1, 0.15) is 22.9 Å². The fraction of sp³-hybridized carbons (Fsp3) is 0.0244. The first kappa shape index (κ1) is 25.5. The zero-order valence-corrected chi connectivity index (χ0v) is 24.3. The van der Waals surface area contributed by atoms with Crippen LogP contribution in [0.4, 0.5) is 0 Å². The third kappa shape index (κ3) is 4.47. The second-order valence-corrected chi connectivity index (χ2v) is 11.5. The molecule has 0 saturated heterocycles. The van der Waals surface area contributed by atoms with Gasteiger partial charge in [-0.2, -0.15) is 0 Å². The molecular weight excluding hydrogens is 550 g/mol. The quantitative estimate of drug-likeness (QED) is 0.226. The van der Waals surface area contributed by atoms with E-state index in [1.54, 1.807) is 0 Å². The Bertz CT molecular complexity index is 2470. The van der Waals surface area contributed by atoms with Crippen molar-refractivity contribution in [2.24, 2.45) is 9.98 Å². The number of hydrogen-bond acceptors (Lipinski definition) is 4. The van der Waals surface area contributed by atoms with E-state index in [0.717, 1.165) is 66.8 Å². The van der Waals surface area contributed by atoms with E-state index >= 15 is 0 Å². The number of rotatable bonds is 4. The van der Waals surface area contributed by atoms with Gasteiger partial charge in [-0.15, -0.1) is 0 Å². The van der Waals surface area contributed by atoms with Gasteiger partial charge in [-0.1, -0.05) is 121 Å². The normalized spacial score (nSPS) is 14.9. The predicted molar refractivity (Wildman–Crippen MR) is 186 cm³/mol. The fourth-order valence-corrected chi connectivity index (χ4v) is 6.44. The molecule has 0 radical (unpaired) electrons. The van der Waals surface area contributed by atoms with Gasteiger partial charge in [0.1, 0.15) is 23.2 Å². The molecule has 1 unspecified atom stereocenters. The molecule has 1 aliphatic rings. The molecule has 4 nitrogen and oxygen atoms in total. The molecule has 45 heavy (non-hydrogen) atoms. The summed E-state index contributed by atoms with van der Waals surface area (Å²) in [5.74, 6) is 1.52. The minimum atomic E-state index is -0.255. The summed E-state index contributed by atoms with van der Waals surface area (Å²) < 4.78 is 6.18. The number of furan rings is 1. The van der Waals surface area contributed by atoms with Crippen LogP contribution in [0.25, 0.3) is 54.6 Å². The number of nitrogens with zero attached hydrogens (tertiary/aromatic N) is 2. The van der Waals surface area contributed by atoms with Gasteiger partial charge in [0.2, 0.25) is 0 Å². The van der Waals surface area contributed by atoms with Crippen molar-refractivity contribution >= 4 is 55.2 Å². The Balaban J connectivity index is 1.16. The number of amidine groups is 2. The van der Waals surface area contributed by atoms with Gasteiger partial charge in [0.25, 0.3) is 0 Å². The average Bonchev–Trinajstić information content (AvgIpc) is 3.50. The highest BCUT2D eigenvalue weighted by molar-refractivity contribution is 6.15. The zero-order chi connectivity index (χ0) is 29.7. The van der Waals surface area contributed by atoms with Gasteiger partial charge >= 0.3 is 0 Å². The van der Waals surface area contributed by atoms with E-state index in [4.69, 9.17) is 14.4 Å². The van der Waals surface area contributed by atoms with E-state index in [1.807, 2.05) is 24.3 Å². The highest BCUT2D eigenvalue weighted by Gasteiger charge is 2.21. The van der Waals surface area contributed by atoms with E-state index in [2.05, 4.69) is 133 Å². The standard InChI is InChI=1S/C41H27N3O/c1-2-10-28(11-3-1)39-42-40(31-21-18-26-9-4-5-12-29(26)23-31)44-41(43-39)32-22-19-27-17-20-30(24-33(27)25-32)34-14-8-16-37-38(34)35-13-6-7-15-36(35)45-37/h1-25,39H,(H,42,43,44). The molecule has 0 saturated carbocycles. The van der Waals surface area contributed by atoms with Crippen molar-refractivity contribution in [3.05, 3.63) is 168 Å². The third-order valence-electron chi connectivity index (χ3n) is 8.69. The highest BCUT2D eigenvalue weighted by Crippen LogP contribution is 2.37. The molecule has 0 fully saturated rings. The molecular formula is C41H27N3O. The molecule has 8 aromatic rings. The summed E-state index contributed by atoms with van der Waals surface area (Å²) in [6.07, 6.45) is -0.255. The molecule has 1 aromatic heterocycles. The smallest absolute Gasteiger partial charge is 0.159 e.